The average Bonchev–Trinajstić information content (AvgIpc) is 3.51. The number of nitrogens with zero attached hydrogens (tertiary/aromatic N) is 1. The van der Waals surface area contributed by atoms with E-state index in [2.05, 4.69) is 17.4 Å². The minimum Gasteiger partial charge on any atom is -0.481 e. The molecule has 2 bridgehead atoms. The number of rotatable bonds is 7. The van der Waals surface area contributed by atoms with Crippen LogP contribution in [0.2, 0.25) is 0 Å². The molecule has 2 heterocycles. The molecule has 4 atom stereocenters. The Morgan fingerprint density at radius 3 is 2.29 bits per heavy atom. The number of aliphatic hydroxyl groups is 1. The fourth-order valence-corrected chi connectivity index (χ4v) is 5.87. The van der Waals surface area contributed by atoms with E-state index in [1.807, 2.05) is 36.4 Å². The first-order chi connectivity index (χ1) is 16.4. The molecule has 3 aliphatic rings. The van der Waals surface area contributed by atoms with Crippen molar-refractivity contribution in [2.24, 2.45) is 5.92 Å². The Balaban J connectivity index is 1.11. The summed E-state index contributed by atoms with van der Waals surface area (Å²) < 4.78 is 5.46. The number of ether oxygens (including phenoxy) is 1. The summed E-state index contributed by atoms with van der Waals surface area (Å²) in [6.45, 7) is 0.0521. The normalized spacial score (nSPS) is 23.3. The van der Waals surface area contributed by atoms with Crippen LogP contribution in [-0.4, -0.2) is 64.4 Å². The van der Waals surface area contributed by atoms with Gasteiger partial charge in [0.25, 0.3) is 0 Å². The second-order valence-electron chi connectivity index (χ2n) is 9.34. The van der Waals surface area contributed by atoms with Crippen molar-refractivity contribution in [2.45, 2.75) is 49.8 Å². The number of carboxylic acids is 1. The molecule has 8 nitrogen and oxygen atoms in total. The van der Waals surface area contributed by atoms with Gasteiger partial charge in [-0.1, -0.05) is 48.5 Å². The van der Waals surface area contributed by atoms with E-state index in [4.69, 9.17) is 4.74 Å². The number of benzene rings is 2. The molecule has 2 amide bonds. The molecule has 0 aromatic heterocycles. The van der Waals surface area contributed by atoms with Crippen LogP contribution in [-0.2, 0) is 14.3 Å². The van der Waals surface area contributed by atoms with Crippen molar-refractivity contribution in [3.05, 3.63) is 59.7 Å². The third-order valence-electron chi connectivity index (χ3n) is 7.38. The van der Waals surface area contributed by atoms with Crippen LogP contribution in [0.15, 0.2) is 48.5 Å². The predicted octanol–water partition coefficient (Wildman–Crippen LogP) is 2.74. The molecule has 2 fully saturated rings. The first-order valence-corrected chi connectivity index (χ1v) is 11.7. The lowest BCUT2D eigenvalue weighted by Gasteiger charge is -2.24. The number of alkyl carbamates (subject to hydrolysis) is 1. The topological polar surface area (TPSA) is 116 Å². The van der Waals surface area contributed by atoms with Gasteiger partial charge in [0, 0.05) is 24.5 Å². The molecular weight excluding hydrogens is 436 g/mol. The number of carbonyl (C=O) groups is 3. The number of carboxylic acid groups (broad SMARTS) is 1. The van der Waals surface area contributed by atoms with Gasteiger partial charge in [0.2, 0.25) is 5.91 Å². The lowest BCUT2D eigenvalue weighted by atomic mass is 9.89. The van der Waals surface area contributed by atoms with E-state index in [1.165, 1.54) is 0 Å². The Kier molecular flexibility index (Phi) is 6.00. The van der Waals surface area contributed by atoms with Gasteiger partial charge in [-0.3, -0.25) is 9.59 Å². The molecule has 2 aromatic carbocycles. The maximum Gasteiger partial charge on any atom is 0.407 e. The summed E-state index contributed by atoms with van der Waals surface area (Å²) in [6, 6.07) is 15.8. The largest absolute Gasteiger partial charge is 0.481 e. The second-order valence-corrected chi connectivity index (χ2v) is 9.34. The van der Waals surface area contributed by atoms with Gasteiger partial charge in [-0.15, -0.1) is 0 Å². The van der Waals surface area contributed by atoms with E-state index in [1.54, 1.807) is 4.90 Å². The summed E-state index contributed by atoms with van der Waals surface area (Å²) in [4.78, 5) is 38.0. The maximum absolute atomic E-state index is 12.7. The van der Waals surface area contributed by atoms with Crippen molar-refractivity contribution < 1.29 is 29.3 Å². The smallest absolute Gasteiger partial charge is 0.407 e. The quantitative estimate of drug-likeness (QED) is 0.580. The van der Waals surface area contributed by atoms with Crippen LogP contribution >= 0.6 is 0 Å². The van der Waals surface area contributed by atoms with Crippen molar-refractivity contribution in [3.8, 4) is 11.1 Å². The van der Waals surface area contributed by atoms with Crippen LogP contribution in [0.25, 0.3) is 11.1 Å². The number of aliphatic hydroxyl groups excluding tert-OH is 1. The predicted molar refractivity (Wildman–Crippen MR) is 123 cm³/mol. The van der Waals surface area contributed by atoms with Gasteiger partial charge in [0.05, 0.1) is 18.4 Å². The highest BCUT2D eigenvalue weighted by Crippen LogP contribution is 2.44. The molecule has 0 radical (unpaired) electrons. The van der Waals surface area contributed by atoms with Gasteiger partial charge in [0.15, 0.2) is 0 Å². The summed E-state index contributed by atoms with van der Waals surface area (Å²) in [5.74, 6) is -1.73. The Morgan fingerprint density at radius 2 is 1.68 bits per heavy atom. The van der Waals surface area contributed by atoms with E-state index in [-0.39, 0.29) is 43.5 Å². The van der Waals surface area contributed by atoms with Crippen LogP contribution in [0.3, 0.4) is 0 Å². The average molecular weight is 465 g/mol. The standard InChI is InChI=1S/C26H28N2O6/c29-16(12-24(30)28-15-9-10-23(28)21(11-15)25(31)32)13-27-26(33)34-14-22-19-7-3-1-5-17(19)18-6-2-4-8-20(18)22/h1-8,15-16,21-23,29H,9-14H2,(H,27,33)(H,31,32)/t15-,16?,21+,23+/m1/s1. The number of carbonyl (C=O) groups excluding carboxylic acids is 2. The molecule has 2 aliphatic heterocycles. The van der Waals surface area contributed by atoms with Gasteiger partial charge < -0.3 is 25.2 Å². The number of hydrogen-bond donors (Lipinski definition) is 3. The Morgan fingerprint density at radius 1 is 1.03 bits per heavy atom. The second kappa shape index (κ2) is 9.10. The fourth-order valence-electron chi connectivity index (χ4n) is 5.87. The van der Waals surface area contributed by atoms with E-state index in [0.717, 1.165) is 28.7 Å². The van der Waals surface area contributed by atoms with E-state index < -0.39 is 24.1 Å². The molecule has 5 rings (SSSR count). The monoisotopic (exact) mass is 464 g/mol. The van der Waals surface area contributed by atoms with Crippen molar-refractivity contribution in [3.63, 3.8) is 0 Å². The number of amides is 2. The highest BCUT2D eigenvalue weighted by Gasteiger charge is 2.51. The highest BCUT2D eigenvalue weighted by molar-refractivity contribution is 5.81. The summed E-state index contributed by atoms with van der Waals surface area (Å²) in [5.41, 5.74) is 4.51. The van der Waals surface area contributed by atoms with E-state index >= 15 is 0 Å². The molecule has 0 saturated carbocycles. The summed E-state index contributed by atoms with van der Waals surface area (Å²) in [5, 5.41) is 22.2. The zero-order valence-corrected chi connectivity index (χ0v) is 18.7. The first-order valence-electron chi connectivity index (χ1n) is 11.7. The van der Waals surface area contributed by atoms with Crippen LogP contribution < -0.4 is 5.32 Å². The molecule has 34 heavy (non-hydrogen) atoms. The zero-order chi connectivity index (χ0) is 23.8. The minimum absolute atomic E-state index is 0.0579. The Bertz CT molecular complexity index is 1070. The van der Waals surface area contributed by atoms with E-state index in [0.29, 0.717) is 12.8 Å². The molecule has 0 spiro atoms. The number of fused-ring (bicyclic) bond motifs is 5. The molecule has 1 aliphatic carbocycles. The molecule has 178 valence electrons. The van der Waals surface area contributed by atoms with Gasteiger partial charge in [0.1, 0.15) is 6.61 Å². The summed E-state index contributed by atoms with van der Waals surface area (Å²) >= 11 is 0. The van der Waals surface area contributed by atoms with Gasteiger partial charge >= 0.3 is 12.1 Å². The first kappa shape index (κ1) is 22.4. The third-order valence-corrected chi connectivity index (χ3v) is 7.38. The van der Waals surface area contributed by atoms with Crippen LogP contribution in [0.1, 0.15) is 42.7 Å². The number of aliphatic carboxylic acids is 1. The molecule has 2 saturated heterocycles. The maximum atomic E-state index is 12.7. The zero-order valence-electron chi connectivity index (χ0n) is 18.7. The molecule has 1 unspecified atom stereocenters. The van der Waals surface area contributed by atoms with Crippen LogP contribution in [0.4, 0.5) is 4.79 Å². The van der Waals surface area contributed by atoms with Crippen molar-refractivity contribution in [1.29, 1.82) is 0 Å². The van der Waals surface area contributed by atoms with Gasteiger partial charge in [-0.25, -0.2) is 4.79 Å². The molecular formula is C26H28N2O6. The lowest BCUT2D eigenvalue weighted by Crippen LogP contribution is -2.41. The Hall–Kier alpha value is -3.39. The molecule has 3 N–H and O–H groups in total. The summed E-state index contributed by atoms with van der Waals surface area (Å²) in [6.07, 6.45) is 0.0651. The molecule has 2 aromatic rings. The fraction of sp³-hybridized carbons (Fsp3) is 0.423. The molecule has 8 heteroatoms. The number of nitrogens with one attached hydrogen (secondary N) is 1. The number of hydrogen-bond acceptors (Lipinski definition) is 5. The van der Waals surface area contributed by atoms with Gasteiger partial charge in [-0.05, 0) is 41.5 Å². The van der Waals surface area contributed by atoms with Crippen LogP contribution in [0.5, 0.6) is 0 Å². The minimum atomic E-state index is -1.07. The van der Waals surface area contributed by atoms with Gasteiger partial charge in [-0.2, -0.15) is 0 Å². The third kappa shape index (κ3) is 4.03. The summed E-state index contributed by atoms with van der Waals surface area (Å²) in [7, 11) is 0. The highest BCUT2D eigenvalue weighted by atomic mass is 16.5. The van der Waals surface area contributed by atoms with Crippen molar-refractivity contribution in [1.82, 2.24) is 10.2 Å². The van der Waals surface area contributed by atoms with Crippen LogP contribution in [0, 0.1) is 5.92 Å². The van der Waals surface area contributed by atoms with Crippen molar-refractivity contribution >= 4 is 18.0 Å². The Labute approximate surface area is 197 Å². The lowest BCUT2D eigenvalue weighted by molar-refractivity contribution is -0.143. The van der Waals surface area contributed by atoms with E-state index in [9.17, 15) is 24.6 Å². The van der Waals surface area contributed by atoms with Crippen molar-refractivity contribution in [2.75, 3.05) is 13.2 Å². The SMILES string of the molecule is O=C(NCC(O)CC(=O)N1[C@@H]2CC[C@H]1[C@@H](C(=O)O)C2)OCC1c2ccccc2-c2ccccc21.